The summed E-state index contributed by atoms with van der Waals surface area (Å²) in [6.07, 6.45) is -2.63. The molecule has 2 N–H and O–H groups in total. The van der Waals surface area contributed by atoms with E-state index in [1.807, 2.05) is 0 Å². The smallest absolute Gasteiger partial charge is 0.330 e. The monoisotopic (exact) mass is 526 g/mol. The maximum Gasteiger partial charge on any atom is 0.434 e. The lowest BCUT2D eigenvalue weighted by Crippen LogP contribution is -2.44. The van der Waals surface area contributed by atoms with Crippen molar-refractivity contribution >= 4 is 5.91 Å². The maximum atomic E-state index is 13.5. The zero-order valence-corrected chi connectivity index (χ0v) is 20.4. The van der Waals surface area contributed by atoms with Gasteiger partial charge < -0.3 is 15.2 Å². The third kappa shape index (κ3) is 6.91. The summed E-state index contributed by atoms with van der Waals surface area (Å²) in [5.74, 6) is -3.02. The second-order valence-electron chi connectivity index (χ2n) is 8.84. The number of halogens is 6. The number of alkyl halides is 3. The highest BCUT2D eigenvalue weighted by Gasteiger charge is 2.40. The van der Waals surface area contributed by atoms with Gasteiger partial charge in [0.1, 0.15) is 17.7 Å². The minimum atomic E-state index is -4.67. The molecule has 0 spiro atoms. The van der Waals surface area contributed by atoms with Crippen molar-refractivity contribution in [3.8, 4) is 0 Å². The van der Waals surface area contributed by atoms with Crippen LogP contribution in [0.3, 0.4) is 0 Å². The Kier molecular flexibility index (Phi) is 9.01. The Morgan fingerprint density at radius 2 is 1.70 bits per heavy atom. The molecule has 11 heteroatoms. The Morgan fingerprint density at radius 3 is 2.30 bits per heavy atom. The Hall–Kier alpha value is -3.34. The molecular weight excluding hydrogens is 498 g/mol. The zero-order chi connectivity index (χ0) is 27.3. The molecule has 0 bridgehead atoms. The van der Waals surface area contributed by atoms with Crippen LogP contribution in [0.1, 0.15) is 55.4 Å². The van der Waals surface area contributed by atoms with Gasteiger partial charge in [0.15, 0.2) is 17.3 Å². The maximum absolute atomic E-state index is 13.5. The number of benzene rings is 2. The van der Waals surface area contributed by atoms with E-state index in [0.29, 0.717) is 11.1 Å². The highest BCUT2D eigenvalue weighted by Crippen LogP contribution is 2.36. The summed E-state index contributed by atoms with van der Waals surface area (Å²) in [5, 5.41) is 0. The summed E-state index contributed by atoms with van der Waals surface area (Å²) in [7, 11) is 0. The van der Waals surface area contributed by atoms with Crippen molar-refractivity contribution in [1.82, 2.24) is 14.5 Å². The molecule has 2 atom stereocenters. The molecule has 0 aliphatic carbocycles. The van der Waals surface area contributed by atoms with Gasteiger partial charge in [-0.2, -0.15) is 13.2 Å². The summed E-state index contributed by atoms with van der Waals surface area (Å²) in [6.45, 7) is 4.42. The minimum Gasteiger partial charge on any atom is -0.330 e. The van der Waals surface area contributed by atoms with Crippen molar-refractivity contribution < 1.29 is 31.1 Å². The molecule has 0 fully saturated rings. The molecule has 1 unspecified atom stereocenters. The van der Waals surface area contributed by atoms with Crippen LogP contribution in [-0.4, -0.2) is 32.9 Å². The van der Waals surface area contributed by atoms with Gasteiger partial charge in [0.25, 0.3) is 0 Å². The van der Waals surface area contributed by atoms with E-state index in [1.54, 1.807) is 0 Å². The fourth-order valence-corrected chi connectivity index (χ4v) is 4.07. The van der Waals surface area contributed by atoms with E-state index in [9.17, 15) is 31.1 Å². The van der Waals surface area contributed by atoms with Gasteiger partial charge in [-0.3, -0.25) is 4.79 Å². The number of fused-ring (bicyclic) bond motifs is 1. The molecule has 4 rings (SSSR count). The molecule has 2 heterocycles. The van der Waals surface area contributed by atoms with Crippen molar-refractivity contribution in [3.63, 3.8) is 0 Å². The van der Waals surface area contributed by atoms with Crippen LogP contribution in [0.5, 0.6) is 0 Å². The SMILES string of the molecule is CCC.N[C@@H](CC(=O)N1CCn2cc(C(F)(F)F)nc2C1c1ccc(F)cc1)Cc1ccc(F)c(F)c1. The Balaban J connectivity index is 0.00000121. The second kappa shape index (κ2) is 11.8. The van der Waals surface area contributed by atoms with Gasteiger partial charge in [0, 0.05) is 31.7 Å². The van der Waals surface area contributed by atoms with Crippen LogP contribution < -0.4 is 5.73 Å². The van der Waals surface area contributed by atoms with Gasteiger partial charge >= 0.3 is 6.18 Å². The first-order valence-electron chi connectivity index (χ1n) is 11.8. The molecule has 1 amide bonds. The molecule has 37 heavy (non-hydrogen) atoms. The number of hydrogen-bond acceptors (Lipinski definition) is 3. The van der Waals surface area contributed by atoms with Gasteiger partial charge in [0.05, 0.1) is 0 Å². The number of aromatic nitrogens is 2. The molecule has 2 aromatic carbocycles. The number of nitrogens with two attached hydrogens (primary N) is 1. The molecule has 1 aromatic heterocycles. The van der Waals surface area contributed by atoms with Crippen LogP contribution in [0.25, 0.3) is 0 Å². The van der Waals surface area contributed by atoms with E-state index in [4.69, 9.17) is 5.73 Å². The molecule has 200 valence electrons. The summed E-state index contributed by atoms with van der Waals surface area (Å²) >= 11 is 0. The topological polar surface area (TPSA) is 64.2 Å². The number of rotatable bonds is 5. The number of carbonyl (C=O) groups excluding carboxylic acids is 1. The van der Waals surface area contributed by atoms with E-state index < -0.39 is 47.3 Å². The Bertz CT molecular complexity index is 1210. The standard InChI is InChI=1S/C23H20F6N4O.C3H8/c24-15-4-2-14(3-5-15)21-22-31-19(23(27,28)29)12-32(22)7-8-33(21)20(34)11-16(30)9-13-1-6-17(25)18(26)10-13;1-3-2/h1-6,10,12,16,21H,7-9,11,30H2;3H2,1-2H3/t16-,21?;/m1./s1. The molecule has 5 nitrogen and oxygen atoms in total. The zero-order valence-electron chi connectivity index (χ0n) is 20.4. The van der Waals surface area contributed by atoms with Crippen molar-refractivity contribution in [1.29, 1.82) is 0 Å². The van der Waals surface area contributed by atoms with Crippen molar-refractivity contribution in [2.75, 3.05) is 6.54 Å². The lowest BCUT2D eigenvalue weighted by molar-refractivity contribution is -0.141. The average Bonchev–Trinajstić information content (AvgIpc) is 3.27. The first-order valence-corrected chi connectivity index (χ1v) is 11.8. The summed E-state index contributed by atoms with van der Waals surface area (Å²) in [5.41, 5.74) is 5.79. The number of nitrogens with zero attached hydrogens (tertiary/aromatic N) is 3. The first-order chi connectivity index (χ1) is 17.4. The van der Waals surface area contributed by atoms with Crippen molar-refractivity contribution in [3.05, 3.63) is 88.8 Å². The van der Waals surface area contributed by atoms with Crippen LogP contribution >= 0.6 is 0 Å². The van der Waals surface area contributed by atoms with Crippen molar-refractivity contribution in [2.45, 2.75) is 57.9 Å². The number of amides is 1. The van der Waals surface area contributed by atoms with Crippen LogP contribution in [0.15, 0.2) is 48.7 Å². The number of hydrogen-bond donors (Lipinski definition) is 1. The predicted octanol–water partition coefficient (Wildman–Crippen LogP) is 5.63. The fourth-order valence-electron chi connectivity index (χ4n) is 4.07. The number of carbonyl (C=O) groups is 1. The second-order valence-corrected chi connectivity index (χ2v) is 8.84. The molecule has 1 aliphatic rings. The van der Waals surface area contributed by atoms with E-state index in [0.717, 1.165) is 30.5 Å². The lowest BCUT2D eigenvalue weighted by atomic mass is 9.99. The average molecular weight is 527 g/mol. The van der Waals surface area contributed by atoms with E-state index >= 15 is 0 Å². The van der Waals surface area contributed by atoms with Gasteiger partial charge in [-0.1, -0.05) is 38.5 Å². The predicted molar refractivity (Wildman–Crippen MR) is 126 cm³/mol. The van der Waals surface area contributed by atoms with Crippen LogP contribution in [0.4, 0.5) is 26.3 Å². The van der Waals surface area contributed by atoms with E-state index in [2.05, 4.69) is 18.8 Å². The van der Waals surface area contributed by atoms with E-state index in [1.165, 1.54) is 34.1 Å². The van der Waals surface area contributed by atoms with Crippen LogP contribution in [0, 0.1) is 17.5 Å². The van der Waals surface area contributed by atoms with Crippen molar-refractivity contribution in [2.24, 2.45) is 5.73 Å². The van der Waals surface area contributed by atoms with Gasteiger partial charge in [0.2, 0.25) is 5.91 Å². The Morgan fingerprint density at radius 1 is 1.05 bits per heavy atom. The summed E-state index contributed by atoms with van der Waals surface area (Å²) in [4.78, 5) is 18.3. The van der Waals surface area contributed by atoms with Gasteiger partial charge in [-0.05, 0) is 41.8 Å². The molecule has 0 saturated carbocycles. The van der Waals surface area contributed by atoms with Gasteiger partial charge in [-0.25, -0.2) is 18.2 Å². The highest BCUT2D eigenvalue weighted by atomic mass is 19.4. The summed E-state index contributed by atoms with van der Waals surface area (Å²) < 4.78 is 81.2. The molecular formula is C26H28F6N4O. The Labute approximate surface area is 210 Å². The first kappa shape index (κ1) is 28.2. The van der Waals surface area contributed by atoms with E-state index in [-0.39, 0.29) is 31.8 Å². The highest BCUT2D eigenvalue weighted by molar-refractivity contribution is 5.78. The van der Waals surface area contributed by atoms with Gasteiger partial charge in [-0.15, -0.1) is 0 Å². The minimum absolute atomic E-state index is 0.00714. The fraction of sp³-hybridized carbons (Fsp3) is 0.385. The van der Waals surface area contributed by atoms with Crippen LogP contribution in [-0.2, 0) is 23.9 Å². The molecule has 0 saturated heterocycles. The lowest BCUT2D eigenvalue weighted by Gasteiger charge is -2.36. The molecule has 0 radical (unpaired) electrons. The normalized spacial score (nSPS) is 16.0. The largest absolute Gasteiger partial charge is 0.434 e. The molecule has 3 aromatic rings. The van der Waals surface area contributed by atoms with Crippen LogP contribution in [0.2, 0.25) is 0 Å². The third-order valence-corrected chi connectivity index (χ3v) is 5.66. The summed E-state index contributed by atoms with van der Waals surface area (Å²) in [6, 6.07) is 6.67. The number of imidazole rings is 1. The quantitative estimate of drug-likeness (QED) is 0.439. The third-order valence-electron chi connectivity index (χ3n) is 5.66. The molecule has 1 aliphatic heterocycles.